The smallest absolute Gasteiger partial charge is 0.244 e. The number of rotatable bonds is 10. The molecule has 0 aromatic heterocycles. The number of nitrogens with one attached hydrogen (secondary N) is 1. The van der Waals surface area contributed by atoms with Crippen LogP contribution >= 0.6 is 23.2 Å². The average molecular weight is 514 g/mol. The maximum absolute atomic E-state index is 13.5. The fourth-order valence-electron chi connectivity index (χ4n) is 3.41. The third-order valence-corrected chi connectivity index (χ3v) is 7.06. The quantitative estimate of drug-likeness (QED) is 0.522. The van der Waals surface area contributed by atoms with Crippen LogP contribution in [0.1, 0.15) is 31.9 Å². The lowest BCUT2D eigenvalue weighted by Gasteiger charge is -2.32. The molecule has 7 nitrogen and oxygen atoms in total. The molecule has 0 aliphatic heterocycles. The van der Waals surface area contributed by atoms with Crippen LogP contribution in [-0.4, -0.2) is 50.5 Å². The normalized spacial score (nSPS) is 12.2. The molecular formula is C23H29Cl2N3O4S. The van der Waals surface area contributed by atoms with Crippen molar-refractivity contribution in [1.82, 2.24) is 10.2 Å². The largest absolute Gasteiger partial charge is 0.355 e. The lowest BCUT2D eigenvalue weighted by Crippen LogP contribution is -2.51. The molecule has 2 aromatic rings. The highest BCUT2D eigenvalue weighted by Crippen LogP contribution is 2.28. The van der Waals surface area contributed by atoms with E-state index < -0.39 is 28.5 Å². The summed E-state index contributed by atoms with van der Waals surface area (Å²) in [7, 11) is -3.79. The van der Waals surface area contributed by atoms with Gasteiger partial charge in [0.2, 0.25) is 21.8 Å². The molecule has 0 spiro atoms. The Balaban J connectivity index is 2.48. The van der Waals surface area contributed by atoms with Gasteiger partial charge < -0.3 is 10.2 Å². The second-order valence-electron chi connectivity index (χ2n) is 7.54. The van der Waals surface area contributed by atoms with E-state index in [-0.39, 0.29) is 12.5 Å². The Morgan fingerprint density at radius 3 is 2.18 bits per heavy atom. The maximum Gasteiger partial charge on any atom is 0.244 e. The molecular weight excluding hydrogens is 485 g/mol. The number of hydrogen-bond acceptors (Lipinski definition) is 4. The van der Waals surface area contributed by atoms with E-state index in [0.29, 0.717) is 34.3 Å². The number of carbonyl (C=O) groups excluding carboxylic acids is 2. The first-order valence-electron chi connectivity index (χ1n) is 10.6. The summed E-state index contributed by atoms with van der Waals surface area (Å²) in [4.78, 5) is 27.4. The summed E-state index contributed by atoms with van der Waals surface area (Å²) >= 11 is 12.6. The summed E-state index contributed by atoms with van der Waals surface area (Å²) in [6.07, 6.45) is 1.64. The number of carbonyl (C=O) groups is 2. The molecule has 0 bridgehead atoms. The van der Waals surface area contributed by atoms with E-state index in [1.54, 1.807) is 44.2 Å². The molecule has 2 amide bonds. The van der Waals surface area contributed by atoms with Crippen LogP contribution in [0.5, 0.6) is 0 Å². The van der Waals surface area contributed by atoms with Crippen molar-refractivity contribution in [3.8, 4) is 0 Å². The molecule has 10 heteroatoms. The van der Waals surface area contributed by atoms with E-state index in [1.807, 2.05) is 19.1 Å². The van der Waals surface area contributed by atoms with Gasteiger partial charge in [0.15, 0.2) is 0 Å². The zero-order valence-corrected chi connectivity index (χ0v) is 21.5. The third kappa shape index (κ3) is 6.85. The Bertz CT molecular complexity index is 1090. The average Bonchev–Trinajstić information content (AvgIpc) is 2.76. The first kappa shape index (κ1) is 27.0. The van der Waals surface area contributed by atoms with E-state index in [2.05, 4.69) is 5.32 Å². The zero-order chi connectivity index (χ0) is 24.8. The highest BCUT2D eigenvalue weighted by molar-refractivity contribution is 7.92. The fourth-order valence-corrected chi connectivity index (χ4v) is 4.80. The molecule has 0 saturated carbocycles. The predicted molar refractivity (Wildman–Crippen MR) is 133 cm³/mol. The summed E-state index contributed by atoms with van der Waals surface area (Å²) in [5.74, 6) is -0.921. The summed E-state index contributed by atoms with van der Waals surface area (Å²) in [5.41, 5.74) is 1.69. The van der Waals surface area contributed by atoms with Gasteiger partial charge in [-0.2, -0.15) is 0 Å². The Kier molecular flexibility index (Phi) is 9.57. The SMILES string of the molecule is CCNC(=O)[C@H](C)N(Cc1c(Cl)cccc1Cl)C(=O)CN(c1ccccc1CC)S(C)(=O)=O. The van der Waals surface area contributed by atoms with Crippen LogP contribution in [0.3, 0.4) is 0 Å². The molecule has 1 atom stereocenters. The lowest BCUT2D eigenvalue weighted by molar-refractivity contribution is -0.139. The van der Waals surface area contributed by atoms with E-state index in [0.717, 1.165) is 16.1 Å². The molecule has 0 fully saturated rings. The van der Waals surface area contributed by atoms with Gasteiger partial charge in [-0.15, -0.1) is 0 Å². The van der Waals surface area contributed by atoms with Crippen LogP contribution in [-0.2, 0) is 32.6 Å². The lowest BCUT2D eigenvalue weighted by atomic mass is 10.1. The molecule has 0 aliphatic rings. The molecule has 0 aliphatic carbocycles. The monoisotopic (exact) mass is 513 g/mol. The number of anilines is 1. The van der Waals surface area contributed by atoms with Crippen molar-refractivity contribution in [2.75, 3.05) is 23.7 Å². The minimum Gasteiger partial charge on any atom is -0.355 e. The number of hydrogen-bond donors (Lipinski definition) is 1. The fraction of sp³-hybridized carbons (Fsp3) is 0.391. The standard InChI is InChI=1S/C23H29Cl2N3O4S/c1-5-17-10-7-8-13-21(17)28(33(4,31)32)15-22(29)27(16(3)23(30)26-6-2)14-18-19(24)11-9-12-20(18)25/h7-13,16H,5-6,14-15H2,1-4H3,(H,26,30)/t16-/m0/s1. The van der Waals surface area contributed by atoms with Gasteiger partial charge in [-0.05, 0) is 44.0 Å². The summed E-state index contributed by atoms with van der Waals surface area (Å²) in [6.45, 7) is 5.12. The van der Waals surface area contributed by atoms with E-state index >= 15 is 0 Å². The predicted octanol–water partition coefficient (Wildman–Crippen LogP) is 3.88. The maximum atomic E-state index is 13.5. The minimum atomic E-state index is -3.79. The molecule has 2 rings (SSSR count). The summed E-state index contributed by atoms with van der Waals surface area (Å²) < 4.78 is 26.4. The van der Waals surface area contributed by atoms with Crippen molar-refractivity contribution < 1.29 is 18.0 Å². The number of nitrogens with zero attached hydrogens (tertiary/aromatic N) is 2. The highest BCUT2D eigenvalue weighted by atomic mass is 35.5. The van der Waals surface area contributed by atoms with Gasteiger partial charge in [0.25, 0.3) is 0 Å². The van der Waals surface area contributed by atoms with Gasteiger partial charge in [0.1, 0.15) is 12.6 Å². The van der Waals surface area contributed by atoms with Gasteiger partial charge in [0, 0.05) is 28.7 Å². The van der Waals surface area contributed by atoms with Crippen LogP contribution < -0.4 is 9.62 Å². The first-order chi connectivity index (χ1) is 15.5. The van der Waals surface area contributed by atoms with Gasteiger partial charge in [-0.25, -0.2) is 8.42 Å². The Morgan fingerprint density at radius 1 is 1.03 bits per heavy atom. The molecule has 2 aromatic carbocycles. The summed E-state index contributed by atoms with van der Waals surface area (Å²) in [5, 5.41) is 3.39. The number of para-hydroxylation sites is 1. The number of benzene rings is 2. The second-order valence-corrected chi connectivity index (χ2v) is 10.3. The van der Waals surface area contributed by atoms with Gasteiger partial charge in [-0.3, -0.25) is 13.9 Å². The van der Waals surface area contributed by atoms with Crippen molar-refractivity contribution in [3.05, 3.63) is 63.6 Å². The molecule has 0 unspecified atom stereocenters. The Hall–Kier alpha value is -2.29. The van der Waals surface area contributed by atoms with Gasteiger partial charge >= 0.3 is 0 Å². The van der Waals surface area contributed by atoms with Crippen molar-refractivity contribution in [2.24, 2.45) is 0 Å². The second kappa shape index (κ2) is 11.7. The van der Waals surface area contributed by atoms with E-state index in [1.165, 1.54) is 4.90 Å². The Labute approximate surface area is 205 Å². The van der Waals surface area contributed by atoms with Gasteiger partial charge in [0.05, 0.1) is 11.9 Å². The minimum absolute atomic E-state index is 0.0529. The topological polar surface area (TPSA) is 86.8 Å². The van der Waals surface area contributed by atoms with Crippen LogP contribution in [0.15, 0.2) is 42.5 Å². The number of likely N-dealkylation sites (N-methyl/N-ethyl adjacent to an activating group) is 1. The molecule has 0 heterocycles. The van der Waals surface area contributed by atoms with Crippen LogP contribution in [0.25, 0.3) is 0 Å². The molecule has 33 heavy (non-hydrogen) atoms. The summed E-state index contributed by atoms with van der Waals surface area (Å²) in [6, 6.07) is 11.1. The Morgan fingerprint density at radius 2 is 1.64 bits per heavy atom. The first-order valence-corrected chi connectivity index (χ1v) is 13.2. The van der Waals surface area contributed by atoms with Crippen LogP contribution in [0.4, 0.5) is 5.69 Å². The number of amides is 2. The van der Waals surface area contributed by atoms with Crippen molar-refractivity contribution in [3.63, 3.8) is 0 Å². The zero-order valence-electron chi connectivity index (χ0n) is 19.1. The molecule has 0 saturated heterocycles. The van der Waals surface area contributed by atoms with Crippen molar-refractivity contribution in [1.29, 1.82) is 0 Å². The van der Waals surface area contributed by atoms with E-state index in [9.17, 15) is 18.0 Å². The van der Waals surface area contributed by atoms with Crippen molar-refractivity contribution >= 4 is 50.7 Å². The highest BCUT2D eigenvalue weighted by Gasteiger charge is 2.31. The van der Waals surface area contributed by atoms with Crippen LogP contribution in [0, 0.1) is 0 Å². The molecule has 180 valence electrons. The van der Waals surface area contributed by atoms with E-state index in [4.69, 9.17) is 23.2 Å². The number of halogens is 2. The number of sulfonamides is 1. The van der Waals surface area contributed by atoms with Gasteiger partial charge in [-0.1, -0.05) is 54.4 Å². The van der Waals surface area contributed by atoms with Crippen molar-refractivity contribution in [2.45, 2.75) is 39.8 Å². The molecule has 0 radical (unpaired) electrons. The number of aryl methyl sites for hydroxylation is 1. The molecule has 1 N–H and O–H groups in total. The third-order valence-electron chi connectivity index (χ3n) is 5.23. The van der Waals surface area contributed by atoms with Crippen LogP contribution in [0.2, 0.25) is 10.0 Å².